The van der Waals surface area contributed by atoms with E-state index in [1.807, 2.05) is 19.1 Å². The van der Waals surface area contributed by atoms with Gasteiger partial charge in [-0.2, -0.15) is 0 Å². The summed E-state index contributed by atoms with van der Waals surface area (Å²) in [6, 6.07) is 20.8. The molecule has 140 valence electrons. The predicted octanol–water partition coefficient (Wildman–Crippen LogP) is 5.91. The van der Waals surface area contributed by atoms with Gasteiger partial charge in [-0.05, 0) is 59.9 Å². The van der Waals surface area contributed by atoms with E-state index in [1.165, 1.54) is 21.9 Å². The molecule has 2 aliphatic rings. The quantitative estimate of drug-likeness (QED) is 0.623. The Hall–Kier alpha value is -3.07. The summed E-state index contributed by atoms with van der Waals surface area (Å²) in [7, 11) is 0. The molecule has 1 heterocycles. The minimum absolute atomic E-state index is 0.105. The molecule has 0 bridgehead atoms. The highest BCUT2D eigenvalue weighted by Crippen LogP contribution is 2.47. The number of fused-ring (bicyclic) bond motifs is 4. The van der Waals surface area contributed by atoms with Gasteiger partial charge < -0.3 is 10.1 Å². The second kappa shape index (κ2) is 6.83. The first kappa shape index (κ1) is 17.1. The molecule has 1 aliphatic carbocycles. The van der Waals surface area contributed by atoms with Crippen LogP contribution in [0.4, 0.5) is 5.69 Å². The highest BCUT2D eigenvalue weighted by Gasteiger charge is 2.34. The van der Waals surface area contributed by atoms with Gasteiger partial charge in [0.2, 0.25) is 0 Å². The third-order valence-corrected chi connectivity index (χ3v) is 5.80. The molecular formula is C25H23NO2. The lowest BCUT2D eigenvalue weighted by Crippen LogP contribution is -2.27. The van der Waals surface area contributed by atoms with Crippen LogP contribution in [0.1, 0.15) is 43.4 Å². The van der Waals surface area contributed by atoms with Crippen LogP contribution in [-0.2, 0) is 4.79 Å². The number of ketones is 1. The van der Waals surface area contributed by atoms with Gasteiger partial charge in [0.25, 0.3) is 0 Å². The van der Waals surface area contributed by atoms with Gasteiger partial charge in [0, 0.05) is 23.2 Å². The molecule has 0 fully saturated rings. The molecule has 0 aromatic heterocycles. The van der Waals surface area contributed by atoms with E-state index in [0.29, 0.717) is 13.0 Å². The number of Topliss-reactive ketones (excluding diaryl/α,β-unsaturated/α-hetero) is 1. The van der Waals surface area contributed by atoms with Crippen molar-refractivity contribution in [2.75, 3.05) is 11.9 Å². The minimum atomic E-state index is -0.105. The molecular weight excluding hydrogens is 346 g/mol. The topological polar surface area (TPSA) is 38.3 Å². The number of benzene rings is 3. The fourth-order valence-electron chi connectivity index (χ4n) is 4.58. The first-order valence-corrected chi connectivity index (χ1v) is 10.0. The van der Waals surface area contributed by atoms with Crippen LogP contribution < -0.4 is 10.1 Å². The number of carbonyl (C=O) groups excluding carboxylic acids is 1. The molecule has 1 atom stereocenters. The third-order valence-electron chi connectivity index (χ3n) is 5.80. The summed E-state index contributed by atoms with van der Waals surface area (Å²) < 4.78 is 5.58. The maximum Gasteiger partial charge on any atom is 0.161 e. The fourth-order valence-corrected chi connectivity index (χ4v) is 4.58. The molecule has 0 radical (unpaired) electrons. The third kappa shape index (κ3) is 2.70. The number of hydrogen-bond donors (Lipinski definition) is 1. The molecule has 3 aromatic carbocycles. The standard InChI is InChI=1S/C25H23NO2/c1-2-28-18-13-10-17(11-14-18)25-24-20(8-5-9-22(24)27)23-19-7-4-3-6-16(19)12-15-21(23)26-25/h3-4,6-7,10-15,25-26H,2,5,8-9H2,1H3/t25-/m0/s1. The van der Waals surface area contributed by atoms with Crippen molar-refractivity contribution in [3.05, 3.63) is 77.4 Å². The molecule has 3 aromatic rings. The molecule has 0 saturated heterocycles. The van der Waals surface area contributed by atoms with Gasteiger partial charge in [-0.25, -0.2) is 0 Å². The molecule has 1 aliphatic heterocycles. The molecule has 5 rings (SSSR count). The van der Waals surface area contributed by atoms with Crippen LogP contribution >= 0.6 is 0 Å². The van der Waals surface area contributed by atoms with Crippen molar-refractivity contribution >= 4 is 27.8 Å². The lowest BCUT2D eigenvalue weighted by molar-refractivity contribution is -0.116. The summed E-state index contributed by atoms with van der Waals surface area (Å²) >= 11 is 0. The number of rotatable bonds is 3. The Balaban J connectivity index is 1.68. The lowest BCUT2D eigenvalue weighted by Gasteiger charge is -2.35. The van der Waals surface area contributed by atoms with Crippen molar-refractivity contribution in [3.8, 4) is 5.75 Å². The summed E-state index contributed by atoms with van der Waals surface area (Å²) in [5.74, 6) is 1.13. The molecule has 0 amide bonds. The Morgan fingerprint density at radius 3 is 2.64 bits per heavy atom. The van der Waals surface area contributed by atoms with Crippen LogP contribution in [0.25, 0.3) is 16.3 Å². The first-order chi connectivity index (χ1) is 13.8. The molecule has 0 unspecified atom stereocenters. The Morgan fingerprint density at radius 2 is 1.82 bits per heavy atom. The Kier molecular flexibility index (Phi) is 4.16. The predicted molar refractivity (Wildman–Crippen MR) is 114 cm³/mol. The minimum Gasteiger partial charge on any atom is -0.494 e. The zero-order valence-electron chi connectivity index (χ0n) is 16.0. The molecule has 0 saturated carbocycles. The van der Waals surface area contributed by atoms with Crippen molar-refractivity contribution in [1.82, 2.24) is 0 Å². The highest BCUT2D eigenvalue weighted by atomic mass is 16.5. The van der Waals surface area contributed by atoms with Crippen LogP contribution in [0.15, 0.2) is 66.2 Å². The Bertz CT molecular complexity index is 1100. The van der Waals surface area contributed by atoms with Crippen LogP contribution in [0.2, 0.25) is 0 Å². The highest BCUT2D eigenvalue weighted by molar-refractivity contribution is 6.12. The molecule has 1 N–H and O–H groups in total. The molecule has 3 nitrogen and oxygen atoms in total. The van der Waals surface area contributed by atoms with Crippen LogP contribution in [-0.4, -0.2) is 12.4 Å². The van der Waals surface area contributed by atoms with Gasteiger partial charge in [-0.1, -0.05) is 42.5 Å². The van der Waals surface area contributed by atoms with E-state index < -0.39 is 0 Å². The average molecular weight is 369 g/mol. The van der Waals surface area contributed by atoms with E-state index >= 15 is 0 Å². The Morgan fingerprint density at radius 1 is 1.00 bits per heavy atom. The Labute approximate surface area is 165 Å². The van der Waals surface area contributed by atoms with E-state index in [0.717, 1.165) is 35.4 Å². The molecule has 0 spiro atoms. The summed E-state index contributed by atoms with van der Waals surface area (Å²) in [6.07, 6.45) is 2.52. The van der Waals surface area contributed by atoms with E-state index in [-0.39, 0.29) is 11.8 Å². The number of allylic oxidation sites excluding steroid dienone is 1. The van der Waals surface area contributed by atoms with Crippen molar-refractivity contribution in [1.29, 1.82) is 0 Å². The first-order valence-electron chi connectivity index (χ1n) is 10.0. The molecule has 3 heteroatoms. The number of anilines is 1. The second-order valence-electron chi connectivity index (χ2n) is 7.46. The number of carbonyl (C=O) groups is 1. The van der Waals surface area contributed by atoms with Crippen LogP contribution in [0, 0.1) is 0 Å². The smallest absolute Gasteiger partial charge is 0.161 e. The maximum atomic E-state index is 13.0. The summed E-state index contributed by atoms with van der Waals surface area (Å²) in [4.78, 5) is 13.0. The zero-order valence-corrected chi connectivity index (χ0v) is 16.0. The number of nitrogens with one attached hydrogen (secondary N) is 1. The summed E-state index contributed by atoms with van der Waals surface area (Å²) in [5.41, 5.74) is 5.60. The van der Waals surface area contributed by atoms with E-state index in [1.54, 1.807) is 0 Å². The van der Waals surface area contributed by atoms with Crippen molar-refractivity contribution < 1.29 is 9.53 Å². The van der Waals surface area contributed by atoms with Gasteiger partial charge in [0.1, 0.15) is 5.75 Å². The maximum absolute atomic E-state index is 13.0. The monoisotopic (exact) mass is 369 g/mol. The van der Waals surface area contributed by atoms with Crippen molar-refractivity contribution in [3.63, 3.8) is 0 Å². The average Bonchev–Trinajstić information content (AvgIpc) is 2.74. The SMILES string of the molecule is CCOc1ccc([C@@H]2Nc3ccc4ccccc4c3C3=C2C(=O)CCC3)cc1. The van der Waals surface area contributed by atoms with E-state index in [2.05, 4.69) is 53.8 Å². The lowest BCUT2D eigenvalue weighted by atomic mass is 9.77. The van der Waals surface area contributed by atoms with Crippen LogP contribution in [0.3, 0.4) is 0 Å². The second-order valence-corrected chi connectivity index (χ2v) is 7.46. The number of hydrogen-bond acceptors (Lipinski definition) is 3. The largest absolute Gasteiger partial charge is 0.494 e. The number of ether oxygens (including phenoxy) is 1. The van der Waals surface area contributed by atoms with E-state index in [4.69, 9.17) is 4.74 Å². The molecule has 28 heavy (non-hydrogen) atoms. The summed E-state index contributed by atoms with van der Waals surface area (Å²) in [5, 5.41) is 6.10. The normalized spacial score (nSPS) is 18.5. The van der Waals surface area contributed by atoms with Gasteiger partial charge in [0.05, 0.1) is 12.6 Å². The van der Waals surface area contributed by atoms with Crippen molar-refractivity contribution in [2.45, 2.75) is 32.2 Å². The van der Waals surface area contributed by atoms with Gasteiger partial charge >= 0.3 is 0 Å². The van der Waals surface area contributed by atoms with E-state index in [9.17, 15) is 4.79 Å². The fraction of sp³-hybridized carbons (Fsp3) is 0.240. The van der Waals surface area contributed by atoms with Gasteiger partial charge in [0.15, 0.2) is 5.78 Å². The summed E-state index contributed by atoms with van der Waals surface area (Å²) in [6.45, 7) is 2.63. The zero-order chi connectivity index (χ0) is 19.1. The van der Waals surface area contributed by atoms with Gasteiger partial charge in [-0.3, -0.25) is 4.79 Å². The van der Waals surface area contributed by atoms with Crippen molar-refractivity contribution in [2.24, 2.45) is 0 Å². The van der Waals surface area contributed by atoms with Gasteiger partial charge in [-0.15, -0.1) is 0 Å². The van der Waals surface area contributed by atoms with Crippen LogP contribution in [0.5, 0.6) is 5.75 Å².